The van der Waals surface area contributed by atoms with Gasteiger partial charge in [0.25, 0.3) is 0 Å². The Kier molecular flexibility index (Phi) is 1.54. The average molecular weight is 162 g/mol. The highest BCUT2D eigenvalue weighted by atomic mass is 16.3. The quantitative estimate of drug-likeness (QED) is 0.665. The Morgan fingerprint density at radius 1 is 1.17 bits per heavy atom. The molecule has 62 valence electrons. The third kappa shape index (κ3) is 1.05. The van der Waals surface area contributed by atoms with Crippen LogP contribution in [0.15, 0.2) is 24.3 Å². The van der Waals surface area contributed by atoms with Crippen LogP contribution in [-0.4, -0.2) is 10.2 Å². The van der Waals surface area contributed by atoms with E-state index in [-0.39, 0.29) is 11.5 Å². The van der Waals surface area contributed by atoms with Crippen molar-refractivity contribution >= 4 is 5.57 Å². The predicted molar refractivity (Wildman–Crippen MR) is 47.0 cm³/mol. The zero-order valence-corrected chi connectivity index (χ0v) is 6.62. The molecule has 1 aliphatic rings. The minimum atomic E-state index is 0.108. The molecule has 1 aliphatic carbocycles. The summed E-state index contributed by atoms with van der Waals surface area (Å²) in [4.78, 5) is 0. The van der Waals surface area contributed by atoms with E-state index in [1.54, 1.807) is 12.1 Å². The lowest BCUT2D eigenvalue weighted by molar-refractivity contribution is 0.449. The molecule has 2 heteroatoms. The molecular formula is C10H10O2. The molecule has 0 saturated carbocycles. The normalized spacial score (nSPS) is 15.2. The monoisotopic (exact) mass is 162 g/mol. The molecule has 1 aromatic carbocycles. The maximum absolute atomic E-state index is 9.43. The average Bonchev–Trinajstić information content (AvgIpc) is 1.91. The van der Waals surface area contributed by atoms with Gasteiger partial charge in [0.2, 0.25) is 0 Å². The molecule has 0 bridgehead atoms. The summed E-state index contributed by atoms with van der Waals surface area (Å²) in [6, 6.07) is 4.71. The summed E-state index contributed by atoms with van der Waals surface area (Å²) < 4.78 is 0. The van der Waals surface area contributed by atoms with Crippen molar-refractivity contribution in [1.29, 1.82) is 0 Å². The second-order valence-corrected chi connectivity index (χ2v) is 2.97. The number of benzene rings is 1. The van der Waals surface area contributed by atoms with E-state index in [0.717, 1.165) is 18.4 Å². The van der Waals surface area contributed by atoms with Crippen LogP contribution in [0.4, 0.5) is 0 Å². The Labute approximate surface area is 70.8 Å². The van der Waals surface area contributed by atoms with E-state index in [0.29, 0.717) is 0 Å². The van der Waals surface area contributed by atoms with E-state index in [2.05, 4.69) is 6.08 Å². The van der Waals surface area contributed by atoms with Gasteiger partial charge in [-0.05, 0) is 30.5 Å². The molecule has 0 heterocycles. The fourth-order valence-corrected chi connectivity index (χ4v) is 1.32. The van der Waals surface area contributed by atoms with Gasteiger partial charge in [-0.25, -0.2) is 0 Å². The summed E-state index contributed by atoms with van der Waals surface area (Å²) >= 11 is 0. The smallest absolute Gasteiger partial charge is 0.126 e. The SMILES string of the molecule is Oc1ccc(C2=CCC2)c(O)c1. The number of phenolic OH excluding ortho intramolecular Hbond substituents is 2. The molecule has 0 fully saturated rings. The van der Waals surface area contributed by atoms with Gasteiger partial charge in [0, 0.05) is 11.6 Å². The van der Waals surface area contributed by atoms with Crippen LogP contribution in [0.3, 0.4) is 0 Å². The minimum absolute atomic E-state index is 0.108. The van der Waals surface area contributed by atoms with Crippen LogP contribution in [-0.2, 0) is 0 Å². The van der Waals surface area contributed by atoms with Crippen molar-refractivity contribution in [2.24, 2.45) is 0 Å². The second-order valence-electron chi connectivity index (χ2n) is 2.97. The van der Waals surface area contributed by atoms with Crippen molar-refractivity contribution in [2.75, 3.05) is 0 Å². The van der Waals surface area contributed by atoms with Crippen molar-refractivity contribution in [2.45, 2.75) is 12.8 Å². The summed E-state index contributed by atoms with van der Waals surface area (Å²) in [7, 11) is 0. The number of allylic oxidation sites excluding steroid dienone is 2. The van der Waals surface area contributed by atoms with Crippen molar-refractivity contribution in [1.82, 2.24) is 0 Å². The zero-order valence-electron chi connectivity index (χ0n) is 6.62. The Hall–Kier alpha value is -1.44. The lowest BCUT2D eigenvalue weighted by Crippen LogP contribution is -1.93. The fourth-order valence-electron chi connectivity index (χ4n) is 1.32. The molecule has 0 saturated heterocycles. The van der Waals surface area contributed by atoms with Gasteiger partial charge < -0.3 is 10.2 Å². The molecule has 0 atom stereocenters. The first-order valence-electron chi connectivity index (χ1n) is 3.99. The maximum atomic E-state index is 9.43. The topological polar surface area (TPSA) is 40.5 Å². The van der Waals surface area contributed by atoms with Crippen LogP contribution >= 0.6 is 0 Å². The number of hydrogen-bond acceptors (Lipinski definition) is 2. The number of hydrogen-bond donors (Lipinski definition) is 2. The third-order valence-corrected chi connectivity index (χ3v) is 2.13. The Balaban J connectivity index is 2.44. The van der Waals surface area contributed by atoms with E-state index in [9.17, 15) is 5.11 Å². The molecule has 2 rings (SSSR count). The number of rotatable bonds is 1. The van der Waals surface area contributed by atoms with Gasteiger partial charge in [0.1, 0.15) is 11.5 Å². The van der Waals surface area contributed by atoms with Crippen LogP contribution in [0, 0.1) is 0 Å². The molecule has 12 heavy (non-hydrogen) atoms. The van der Waals surface area contributed by atoms with Crippen molar-refractivity contribution in [3.63, 3.8) is 0 Å². The van der Waals surface area contributed by atoms with E-state index in [1.165, 1.54) is 11.6 Å². The molecule has 0 spiro atoms. The van der Waals surface area contributed by atoms with Gasteiger partial charge in [-0.3, -0.25) is 0 Å². The Bertz CT molecular complexity index is 340. The minimum Gasteiger partial charge on any atom is -0.508 e. The van der Waals surface area contributed by atoms with Crippen molar-refractivity contribution in [3.8, 4) is 11.5 Å². The van der Waals surface area contributed by atoms with Gasteiger partial charge in [-0.2, -0.15) is 0 Å². The summed E-state index contributed by atoms with van der Waals surface area (Å²) in [6.45, 7) is 0. The van der Waals surface area contributed by atoms with Gasteiger partial charge in [0.05, 0.1) is 0 Å². The highest BCUT2D eigenvalue weighted by molar-refractivity contribution is 5.74. The lowest BCUT2D eigenvalue weighted by Gasteiger charge is -2.15. The van der Waals surface area contributed by atoms with Gasteiger partial charge >= 0.3 is 0 Å². The summed E-state index contributed by atoms with van der Waals surface area (Å²) in [6.07, 6.45) is 4.21. The van der Waals surface area contributed by atoms with Gasteiger partial charge in [0.15, 0.2) is 0 Å². The lowest BCUT2D eigenvalue weighted by atomic mass is 9.91. The second kappa shape index (κ2) is 2.55. The van der Waals surface area contributed by atoms with E-state index >= 15 is 0 Å². The third-order valence-electron chi connectivity index (χ3n) is 2.13. The van der Waals surface area contributed by atoms with Crippen LogP contribution < -0.4 is 0 Å². The molecule has 2 N–H and O–H groups in total. The van der Waals surface area contributed by atoms with E-state index < -0.39 is 0 Å². The van der Waals surface area contributed by atoms with Gasteiger partial charge in [-0.1, -0.05) is 6.08 Å². The Morgan fingerprint density at radius 3 is 2.42 bits per heavy atom. The van der Waals surface area contributed by atoms with Crippen LogP contribution in [0.2, 0.25) is 0 Å². The number of aromatic hydroxyl groups is 2. The predicted octanol–water partition coefficient (Wildman–Crippen LogP) is 2.28. The molecule has 0 aliphatic heterocycles. The first-order valence-corrected chi connectivity index (χ1v) is 3.99. The van der Waals surface area contributed by atoms with E-state index in [4.69, 9.17) is 5.11 Å². The first-order chi connectivity index (χ1) is 5.77. The Morgan fingerprint density at radius 2 is 1.92 bits per heavy atom. The maximum Gasteiger partial charge on any atom is 0.126 e. The summed E-state index contributed by atoms with van der Waals surface area (Å²) in [5.41, 5.74) is 2.02. The first kappa shape index (κ1) is 7.22. The fraction of sp³-hybridized carbons (Fsp3) is 0.200. The molecule has 0 aromatic heterocycles. The van der Waals surface area contributed by atoms with Gasteiger partial charge in [-0.15, -0.1) is 0 Å². The standard InChI is InChI=1S/C10H10O2/c11-8-4-5-9(10(12)6-8)7-2-1-3-7/h2,4-6,11-12H,1,3H2. The van der Waals surface area contributed by atoms with Crippen LogP contribution in [0.25, 0.3) is 5.57 Å². The molecule has 0 amide bonds. The summed E-state index contributed by atoms with van der Waals surface area (Å²) in [5, 5.41) is 18.5. The van der Waals surface area contributed by atoms with E-state index in [1.807, 2.05) is 0 Å². The number of phenols is 2. The zero-order chi connectivity index (χ0) is 8.55. The molecule has 2 nitrogen and oxygen atoms in total. The molecular weight excluding hydrogens is 152 g/mol. The van der Waals surface area contributed by atoms with Crippen LogP contribution in [0.5, 0.6) is 11.5 Å². The molecule has 0 radical (unpaired) electrons. The highest BCUT2D eigenvalue weighted by Crippen LogP contribution is 2.35. The summed E-state index contributed by atoms with van der Waals surface area (Å²) in [5.74, 6) is 0.275. The van der Waals surface area contributed by atoms with Crippen LogP contribution in [0.1, 0.15) is 18.4 Å². The molecule has 1 aromatic rings. The van der Waals surface area contributed by atoms with Crippen molar-refractivity contribution < 1.29 is 10.2 Å². The highest BCUT2D eigenvalue weighted by Gasteiger charge is 2.12. The largest absolute Gasteiger partial charge is 0.508 e. The molecule has 0 unspecified atom stereocenters. The van der Waals surface area contributed by atoms with Crippen molar-refractivity contribution in [3.05, 3.63) is 29.8 Å².